The normalized spacial score (nSPS) is 11.3. The third-order valence-electron chi connectivity index (χ3n) is 3.53. The zero-order valence-electron chi connectivity index (χ0n) is 13.4. The molecule has 1 N–H and O–H groups in total. The average molecular weight is 329 g/mol. The fourth-order valence-electron chi connectivity index (χ4n) is 2.39. The molecule has 0 bridgehead atoms. The van der Waals surface area contributed by atoms with Gasteiger partial charge < -0.3 is 4.57 Å². The van der Waals surface area contributed by atoms with Crippen LogP contribution in [0.5, 0.6) is 0 Å². The first-order chi connectivity index (χ1) is 11.1. The molecule has 0 atom stereocenters. The van der Waals surface area contributed by atoms with Crippen LogP contribution >= 0.6 is 11.3 Å². The van der Waals surface area contributed by atoms with Crippen LogP contribution < -0.4 is 5.32 Å². The highest BCUT2D eigenvalue weighted by Crippen LogP contribution is 2.22. The van der Waals surface area contributed by atoms with Gasteiger partial charge in [-0.05, 0) is 12.1 Å². The number of hydrogen-bond acceptors (Lipinski definition) is 5. The lowest BCUT2D eigenvalue weighted by atomic mass is 10.2. The van der Waals surface area contributed by atoms with E-state index in [1.54, 1.807) is 0 Å². The van der Waals surface area contributed by atoms with Crippen LogP contribution in [0.1, 0.15) is 37.5 Å². The summed E-state index contributed by atoms with van der Waals surface area (Å²) >= 11 is 1.42. The number of imidazole rings is 1. The van der Waals surface area contributed by atoms with E-state index < -0.39 is 0 Å². The van der Waals surface area contributed by atoms with Crippen LogP contribution in [0.25, 0.3) is 11.0 Å². The van der Waals surface area contributed by atoms with Crippen molar-refractivity contribution in [3.8, 4) is 0 Å². The molecule has 0 saturated heterocycles. The summed E-state index contributed by atoms with van der Waals surface area (Å²) in [6, 6.07) is 7.85. The molecule has 3 aromatic rings. The van der Waals surface area contributed by atoms with Crippen molar-refractivity contribution in [3.05, 3.63) is 35.1 Å². The largest absolute Gasteiger partial charge is 0.318 e. The van der Waals surface area contributed by atoms with E-state index in [0.717, 1.165) is 28.3 Å². The van der Waals surface area contributed by atoms with Gasteiger partial charge in [-0.3, -0.25) is 10.1 Å². The number of nitrogens with one attached hydrogen (secondary N) is 1. The molecule has 0 spiro atoms. The fraction of sp³-hybridized carbons (Fsp3) is 0.375. The summed E-state index contributed by atoms with van der Waals surface area (Å²) in [6.45, 7) is 6.37. The second-order valence-electron chi connectivity index (χ2n) is 5.60. The Kier molecular flexibility index (Phi) is 4.38. The molecule has 120 valence electrons. The first-order valence-corrected chi connectivity index (χ1v) is 8.47. The SMILES string of the molecule is CCc1nc2ccccc2n1CC(=O)Nc1nnc(C(C)C)s1. The predicted octanol–water partition coefficient (Wildman–Crippen LogP) is 3.21. The van der Waals surface area contributed by atoms with E-state index in [1.807, 2.05) is 35.8 Å². The number of nitrogens with zero attached hydrogens (tertiary/aromatic N) is 4. The number of aromatic nitrogens is 4. The van der Waals surface area contributed by atoms with Crippen LogP contribution in [0.4, 0.5) is 5.13 Å². The number of carbonyl (C=O) groups excluding carboxylic acids is 1. The number of benzene rings is 1. The van der Waals surface area contributed by atoms with Crippen molar-refractivity contribution in [2.24, 2.45) is 0 Å². The van der Waals surface area contributed by atoms with E-state index in [9.17, 15) is 4.79 Å². The maximum atomic E-state index is 12.3. The molecule has 2 aromatic heterocycles. The van der Waals surface area contributed by atoms with Crippen molar-refractivity contribution >= 4 is 33.4 Å². The molecule has 1 aromatic carbocycles. The minimum absolute atomic E-state index is 0.116. The molecule has 0 aliphatic heterocycles. The van der Waals surface area contributed by atoms with Gasteiger partial charge in [0, 0.05) is 12.3 Å². The van der Waals surface area contributed by atoms with Crippen LogP contribution in [0, 0.1) is 0 Å². The van der Waals surface area contributed by atoms with Crippen molar-refractivity contribution in [3.63, 3.8) is 0 Å². The Morgan fingerprint density at radius 2 is 2.09 bits per heavy atom. The molecule has 0 saturated carbocycles. The minimum atomic E-state index is -0.116. The molecule has 0 fully saturated rings. The number of amides is 1. The Balaban J connectivity index is 1.79. The van der Waals surface area contributed by atoms with Gasteiger partial charge >= 0.3 is 0 Å². The van der Waals surface area contributed by atoms with Gasteiger partial charge in [-0.25, -0.2) is 4.98 Å². The van der Waals surface area contributed by atoms with E-state index in [1.165, 1.54) is 11.3 Å². The first kappa shape index (κ1) is 15.6. The van der Waals surface area contributed by atoms with Crippen molar-refractivity contribution in [1.82, 2.24) is 19.7 Å². The molecule has 0 unspecified atom stereocenters. The average Bonchev–Trinajstić information content (AvgIpc) is 3.12. The van der Waals surface area contributed by atoms with Gasteiger partial charge in [-0.1, -0.05) is 44.2 Å². The van der Waals surface area contributed by atoms with E-state index in [-0.39, 0.29) is 12.5 Å². The predicted molar refractivity (Wildman–Crippen MR) is 91.7 cm³/mol. The van der Waals surface area contributed by atoms with E-state index in [2.05, 4.69) is 34.3 Å². The Hall–Kier alpha value is -2.28. The van der Waals surface area contributed by atoms with Gasteiger partial charge in [0.1, 0.15) is 17.4 Å². The second kappa shape index (κ2) is 6.45. The molecule has 3 rings (SSSR count). The van der Waals surface area contributed by atoms with Crippen LogP contribution in [0.3, 0.4) is 0 Å². The molecule has 23 heavy (non-hydrogen) atoms. The van der Waals surface area contributed by atoms with Gasteiger partial charge in [0.05, 0.1) is 11.0 Å². The zero-order valence-corrected chi connectivity index (χ0v) is 14.2. The van der Waals surface area contributed by atoms with Gasteiger partial charge in [-0.15, -0.1) is 10.2 Å². The monoisotopic (exact) mass is 329 g/mol. The molecule has 1 amide bonds. The number of rotatable bonds is 5. The maximum Gasteiger partial charge on any atom is 0.246 e. The summed E-state index contributed by atoms with van der Waals surface area (Å²) < 4.78 is 1.95. The molecule has 0 radical (unpaired) electrons. The number of para-hydroxylation sites is 2. The van der Waals surface area contributed by atoms with Crippen molar-refractivity contribution in [2.45, 2.75) is 39.7 Å². The van der Waals surface area contributed by atoms with E-state index in [0.29, 0.717) is 11.0 Å². The van der Waals surface area contributed by atoms with Crippen LogP contribution in [-0.2, 0) is 17.8 Å². The summed E-state index contributed by atoms with van der Waals surface area (Å²) in [7, 11) is 0. The quantitative estimate of drug-likeness (QED) is 0.780. The van der Waals surface area contributed by atoms with E-state index in [4.69, 9.17) is 0 Å². The van der Waals surface area contributed by atoms with Gasteiger partial charge in [0.25, 0.3) is 0 Å². The number of hydrogen-bond donors (Lipinski definition) is 1. The maximum absolute atomic E-state index is 12.3. The zero-order chi connectivity index (χ0) is 16.4. The third-order valence-corrected chi connectivity index (χ3v) is 4.67. The number of aryl methyl sites for hydroxylation is 1. The van der Waals surface area contributed by atoms with Crippen LogP contribution in [0.2, 0.25) is 0 Å². The highest BCUT2D eigenvalue weighted by Gasteiger charge is 2.14. The number of fused-ring (bicyclic) bond motifs is 1. The van der Waals surface area contributed by atoms with Crippen molar-refractivity contribution in [2.75, 3.05) is 5.32 Å². The third kappa shape index (κ3) is 3.24. The summed E-state index contributed by atoms with van der Waals surface area (Å²) in [6.07, 6.45) is 0.776. The van der Waals surface area contributed by atoms with Crippen molar-refractivity contribution < 1.29 is 4.79 Å². The molecular formula is C16H19N5OS. The fourth-order valence-corrected chi connectivity index (χ4v) is 3.15. The topological polar surface area (TPSA) is 72.7 Å². The highest BCUT2D eigenvalue weighted by molar-refractivity contribution is 7.15. The van der Waals surface area contributed by atoms with Crippen molar-refractivity contribution in [1.29, 1.82) is 0 Å². The van der Waals surface area contributed by atoms with Crippen LogP contribution in [-0.4, -0.2) is 25.7 Å². The molecule has 2 heterocycles. The summed E-state index contributed by atoms with van der Waals surface area (Å²) in [5, 5.41) is 12.4. The molecule has 0 aliphatic carbocycles. The summed E-state index contributed by atoms with van der Waals surface area (Å²) in [4.78, 5) is 16.9. The summed E-state index contributed by atoms with van der Waals surface area (Å²) in [5.41, 5.74) is 1.88. The molecule has 6 nitrogen and oxygen atoms in total. The number of anilines is 1. The highest BCUT2D eigenvalue weighted by atomic mass is 32.1. The molecule has 0 aliphatic rings. The Bertz CT molecular complexity index is 836. The Morgan fingerprint density at radius 3 is 2.78 bits per heavy atom. The Morgan fingerprint density at radius 1 is 1.30 bits per heavy atom. The molecular weight excluding hydrogens is 310 g/mol. The first-order valence-electron chi connectivity index (χ1n) is 7.66. The molecule has 7 heteroatoms. The lowest BCUT2D eigenvalue weighted by Gasteiger charge is -2.07. The van der Waals surface area contributed by atoms with Crippen LogP contribution in [0.15, 0.2) is 24.3 Å². The van der Waals surface area contributed by atoms with Gasteiger partial charge in [0.15, 0.2) is 0 Å². The van der Waals surface area contributed by atoms with Gasteiger partial charge in [0.2, 0.25) is 11.0 Å². The Labute approximate surface area is 138 Å². The van der Waals surface area contributed by atoms with E-state index >= 15 is 0 Å². The number of carbonyl (C=O) groups is 1. The van der Waals surface area contributed by atoms with Gasteiger partial charge in [-0.2, -0.15) is 0 Å². The lowest BCUT2D eigenvalue weighted by Crippen LogP contribution is -2.20. The summed E-state index contributed by atoms with van der Waals surface area (Å²) in [5.74, 6) is 1.10. The smallest absolute Gasteiger partial charge is 0.246 e. The standard InChI is InChI=1S/C16H19N5OS/c1-4-13-17-11-7-5-6-8-12(11)21(13)9-14(22)18-16-20-19-15(23-16)10(2)3/h5-8,10H,4,9H2,1-3H3,(H,18,20,22). The lowest BCUT2D eigenvalue weighted by molar-refractivity contribution is -0.116. The minimum Gasteiger partial charge on any atom is -0.318 e. The second-order valence-corrected chi connectivity index (χ2v) is 6.61.